The molecular formula is C13H13BrN2O. The maximum absolute atomic E-state index is 9.20. The molecule has 1 aromatic heterocycles. The van der Waals surface area contributed by atoms with Gasteiger partial charge in [0.2, 0.25) is 0 Å². The third-order valence-electron chi connectivity index (χ3n) is 2.43. The van der Waals surface area contributed by atoms with E-state index in [4.69, 9.17) is 0 Å². The van der Waals surface area contributed by atoms with Crippen LogP contribution in [0.2, 0.25) is 0 Å². The fourth-order valence-electron chi connectivity index (χ4n) is 1.58. The predicted molar refractivity (Wildman–Crippen MR) is 71.6 cm³/mol. The molecule has 2 aromatic rings. The quantitative estimate of drug-likeness (QED) is 0.911. The first-order valence-electron chi connectivity index (χ1n) is 5.31. The maximum atomic E-state index is 9.20. The lowest BCUT2D eigenvalue weighted by Crippen LogP contribution is -2.02. The van der Waals surface area contributed by atoms with Gasteiger partial charge in [0.25, 0.3) is 0 Å². The van der Waals surface area contributed by atoms with Gasteiger partial charge in [-0.2, -0.15) is 0 Å². The molecule has 0 unspecified atom stereocenters. The number of para-hydroxylation sites is 1. The number of hydrogen-bond donors (Lipinski definition) is 2. The summed E-state index contributed by atoms with van der Waals surface area (Å²) in [7, 11) is 0. The van der Waals surface area contributed by atoms with E-state index < -0.39 is 0 Å². The van der Waals surface area contributed by atoms with Crippen molar-refractivity contribution in [1.82, 2.24) is 4.98 Å². The number of halogens is 1. The number of anilines is 1. The van der Waals surface area contributed by atoms with Crippen LogP contribution in [0, 0.1) is 0 Å². The van der Waals surface area contributed by atoms with Gasteiger partial charge in [-0.3, -0.25) is 4.98 Å². The van der Waals surface area contributed by atoms with Crippen molar-refractivity contribution >= 4 is 21.6 Å². The first-order chi connectivity index (χ1) is 8.29. The summed E-state index contributed by atoms with van der Waals surface area (Å²) in [6.45, 7) is 0.726. The van der Waals surface area contributed by atoms with Gasteiger partial charge in [-0.15, -0.1) is 0 Å². The number of aromatic nitrogens is 1. The van der Waals surface area contributed by atoms with Gasteiger partial charge >= 0.3 is 0 Å². The van der Waals surface area contributed by atoms with Crippen molar-refractivity contribution in [2.75, 3.05) is 5.32 Å². The molecule has 4 heteroatoms. The number of aliphatic hydroxyl groups excluding tert-OH is 1. The maximum Gasteiger partial charge on any atom is 0.0701 e. The minimum atomic E-state index is 0.0416. The average molecular weight is 293 g/mol. The number of nitrogens with one attached hydrogen (secondary N) is 1. The van der Waals surface area contributed by atoms with Gasteiger partial charge in [0.15, 0.2) is 0 Å². The minimum absolute atomic E-state index is 0.0416. The van der Waals surface area contributed by atoms with Gasteiger partial charge in [0.05, 0.1) is 6.61 Å². The zero-order valence-electron chi connectivity index (χ0n) is 9.23. The fourth-order valence-corrected chi connectivity index (χ4v) is 1.99. The molecule has 0 aliphatic rings. The van der Waals surface area contributed by atoms with Crippen molar-refractivity contribution in [2.45, 2.75) is 13.2 Å². The summed E-state index contributed by atoms with van der Waals surface area (Å²) in [5, 5.41) is 12.5. The van der Waals surface area contributed by atoms with Crippen molar-refractivity contribution < 1.29 is 5.11 Å². The van der Waals surface area contributed by atoms with Crippen molar-refractivity contribution in [3.63, 3.8) is 0 Å². The molecule has 1 aromatic carbocycles. The van der Waals surface area contributed by atoms with Crippen LogP contribution in [0.25, 0.3) is 0 Å². The van der Waals surface area contributed by atoms with Crippen LogP contribution < -0.4 is 5.32 Å². The lowest BCUT2D eigenvalue weighted by atomic mass is 10.2. The van der Waals surface area contributed by atoms with Gasteiger partial charge in [0, 0.05) is 34.7 Å². The zero-order valence-corrected chi connectivity index (χ0v) is 10.8. The molecule has 0 aliphatic carbocycles. The molecule has 0 aliphatic heterocycles. The number of pyridine rings is 1. The van der Waals surface area contributed by atoms with Gasteiger partial charge in [-0.05, 0) is 33.6 Å². The summed E-state index contributed by atoms with van der Waals surface area (Å²) >= 11 is 3.39. The molecule has 0 bridgehead atoms. The average Bonchev–Trinajstić information content (AvgIpc) is 2.37. The van der Waals surface area contributed by atoms with Crippen molar-refractivity contribution in [2.24, 2.45) is 0 Å². The molecule has 88 valence electrons. The van der Waals surface area contributed by atoms with Gasteiger partial charge < -0.3 is 10.4 Å². The number of benzene rings is 1. The summed E-state index contributed by atoms with van der Waals surface area (Å²) in [5.41, 5.74) is 2.94. The molecule has 0 radical (unpaired) electrons. The number of aliphatic hydroxyl groups is 1. The Morgan fingerprint density at radius 3 is 2.82 bits per heavy atom. The highest BCUT2D eigenvalue weighted by Crippen LogP contribution is 2.16. The third-order valence-corrected chi connectivity index (χ3v) is 2.87. The second kappa shape index (κ2) is 5.80. The summed E-state index contributed by atoms with van der Waals surface area (Å²) in [4.78, 5) is 4.10. The Morgan fingerprint density at radius 2 is 2.06 bits per heavy atom. The first-order valence-corrected chi connectivity index (χ1v) is 6.11. The number of rotatable bonds is 4. The monoisotopic (exact) mass is 292 g/mol. The Morgan fingerprint density at radius 1 is 1.24 bits per heavy atom. The molecule has 0 atom stereocenters. The Kier molecular flexibility index (Phi) is 4.12. The number of hydrogen-bond acceptors (Lipinski definition) is 3. The van der Waals surface area contributed by atoms with Crippen LogP contribution in [0.3, 0.4) is 0 Å². The van der Waals surface area contributed by atoms with E-state index in [-0.39, 0.29) is 6.61 Å². The molecule has 0 amide bonds. The van der Waals surface area contributed by atoms with E-state index in [0.29, 0.717) is 6.54 Å². The Hall–Kier alpha value is -1.39. The molecule has 3 nitrogen and oxygen atoms in total. The molecule has 17 heavy (non-hydrogen) atoms. The van der Waals surface area contributed by atoms with Crippen molar-refractivity contribution in [1.29, 1.82) is 0 Å². The topological polar surface area (TPSA) is 45.1 Å². The summed E-state index contributed by atoms with van der Waals surface area (Å²) < 4.78 is 0.965. The highest BCUT2D eigenvalue weighted by molar-refractivity contribution is 9.10. The highest BCUT2D eigenvalue weighted by atomic mass is 79.9. The largest absolute Gasteiger partial charge is 0.392 e. The molecule has 0 spiro atoms. The number of nitrogens with zero attached hydrogens (tertiary/aromatic N) is 1. The molecule has 0 fully saturated rings. The summed E-state index contributed by atoms with van der Waals surface area (Å²) in [5.74, 6) is 0. The molecule has 2 rings (SSSR count). The standard InChI is InChI=1S/C13H13BrN2O/c14-12-5-10(6-15-8-12)7-16-13-4-2-1-3-11(13)9-17/h1-6,8,16-17H,7,9H2. The first kappa shape index (κ1) is 12.1. The van der Waals surface area contributed by atoms with Crippen LogP contribution >= 0.6 is 15.9 Å². The van der Waals surface area contributed by atoms with E-state index in [1.165, 1.54) is 0 Å². The highest BCUT2D eigenvalue weighted by Gasteiger charge is 2.00. The van der Waals surface area contributed by atoms with Gasteiger partial charge in [-0.1, -0.05) is 18.2 Å². The smallest absolute Gasteiger partial charge is 0.0701 e. The van der Waals surface area contributed by atoms with E-state index in [1.54, 1.807) is 6.20 Å². The van der Waals surface area contributed by atoms with E-state index >= 15 is 0 Å². The van der Waals surface area contributed by atoms with Crippen LogP contribution in [0.15, 0.2) is 47.2 Å². The zero-order chi connectivity index (χ0) is 12.1. The molecule has 1 heterocycles. The Balaban J connectivity index is 2.07. The van der Waals surface area contributed by atoms with Crippen LogP contribution in [0.4, 0.5) is 5.69 Å². The lowest BCUT2D eigenvalue weighted by Gasteiger charge is -2.10. The van der Waals surface area contributed by atoms with E-state index in [2.05, 4.69) is 26.2 Å². The molecule has 2 N–H and O–H groups in total. The van der Waals surface area contributed by atoms with E-state index in [1.807, 2.05) is 36.5 Å². The van der Waals surface area contributed by atoms with E-state index in [0.717, 1.165) is 21.3 Å². The Labute approximate surface area is 109 Å². The van der Waals surface area contributed by atoms with Gasteiger partial charge in [-0.25, -0.2) is 0 Å². The molecule has 0 saturated carbocycles. The van der Waals surface area contributed by atoms with Crippen molar-refractivity contribution in [3.05, 3.63) is 58.3 Å². The van der Waals surface area contributed by atoms with E-state index in [9.17, 15) is 5.11 Å². The van der Waals surface area contributed by atoms with Crippen LogP contribution in [0.1, 0.15) is 11.1 Å². The SMILES string of the molecule is OCc1ccccc1NCc1cncc(Br)c1. The molecule has 0 saturated heterocycles. The predicted octanol–water partition coefficient (Wildman–Crippen LogP) is 2.95. The van der Waals surface area contributed by atoms with Crippen LogP contribution in [0.5, 0.6) is 0 Å². The minimum Gasteiger partial charge on any atom is -0.392 e. The van der Waals surface area contributed by atoms with Crippen LogP contribution in [-0.2, 0) is 13.2 Å². The second-order valence-electron chi connectivity index (χ2n) is 3.68. The third kappa shape index (κ3) is 3.28. The van der Waals surface area contributed by atoms with Gasteiger partial charge in [0.1, 0.15) is 0 Å². The summed E-state index contributed by atoms with van der Waals surface area (Å²) in [6.07, 6.45) is 3.57. The van der Waals surface area contributed by atoms with Crippen LogP contribution in [-0.4, -0.2) is 10.1 Å². The van der Waals surface area contributed by atoms with Crippen molar-refractivity contribution in [3.8, 4) is 0 Å². The fraction of sp³-hybridized carbons (Fsp3) is 0.154. The summed E-state index contributed by atoms with van der Waals surface area (Å²) in [6, 6.07) is 9.73. The molecular weight excluding hydrogens is 280 g/mol. The Bertz CT molecular complexity index is 502. The lowest BCUT2D eigenvalue weighted by molar-refractivity contribution is 0.282. The normalized spacial score (nSPS) is 10.2. The second-order valence-corrected chi connectivity index (χ2v) is 4.60.